The largest absolute Gasteiger partial charge is 0.481 e. The highest BCUT2D eigenvalue weighted by Gasteiger charge is 2.42. The van der Waals surface area contributed by atoms with Crippen LogP contribution in [-0.4, -0.2) is 48.3 Å². The van der Waals surface area contributed by atoms with Crippen molar-refractivity contribution in [2.75, 3.05) is 25.4 Å². The van der Waals surface area contributed by atoms with Gasteiger partial charge in [-0.2, -0.15) is 0 Å². The SMILES string of the molecule is CC(CC(=O)O)(C(=O)NCCCP)C(=O)NCCCP. The maximum atomic E-state index is 12.1. The average molecular weight is 322 g/mol. The Kier molecular flexibility index (Phi) is 9.70. The molecule has 0 aliphatic rings. The number of carbonyl (C=O) groups excluding carboxylic acids is 2. The average Bonchev–Trinajstić information content (AvgIpc) is 2.38. The number of rotatable bonds is 10. The van der Waals surface area contributed by atoms with Crippen LogP contribution in [0.25, 0.3) is 0 Å². The smallest absolute Gasteiger partial charge is 0.304 e. The predicted molar refractivity (Wildman–Crippen MR) is 84.8 cm³/mol. The van der Waals surface area contributed by atoms with E-state index < -0.39 is 29.6 Å². The molecule has 2 atom stereocenters. The summed E-state index contributed by atoms with van der Waals surface area (Å²) in [5.74, 6) is -2.25. The van der Waals surface area contributed by atoms with Crippen molar-refractivity contribution < 1.29 is 19.5 Å². The van der Waals surface area contributed by atoms with Gasteiger partial charge in [0.25, 0.3) is 0 Å². The highest BCUT2D eigenvalue weighted by Crippen LogP contribution is 2.22. The Balaban J connectivity index is 4.75. The number of nitrogens with one attached hydrogen (secondary N) is 2. The first-order chi connectivity index (χ1) is 9.38. The molecule has 0 bridgehead atoms. The Labute approximate surface area is 124 Å². The fraction of sp³-hybridized carbons (Fsp3) is 0.750. The molecular formula is C12H24N2O4P2. The van der Waals surface area contributed by atoms with E-state index in [9.17, 15) is 14.4 Å². The van der Waals surface area contributed by atoms with Gasteiger partial charge in [-0.15, -0.1) is 18.5 Å². The third-order valence-corrected chi connectivity index (χ3v) is 3.66. The summed E-state index contributed by atoms with van der Waals surface area (Å²) in [6.07, 6.45) is 2.65. The lowest BCUT2D eigenvalue weighted by Crippen LogP contribution is -2.51. The molecule has 0 saturated heterocycles. The molecule has 0 aliphatic carbocycles. The number of hydrogen-bond acceptors (Lipinski definition) is 3. The summed E-state index contributed by atoms with van der Waals surface area (Å²) in [6, 6.07) is 0. The first kappa shape index (κ1) is 19.3. The molecule has 2 unspecified atom stereocenters. The first-order valence-electron chi connectivity index (χ1n) is 6.57. The molecule has 0 aromatic rings. The Morgan fingerprint density at radius 2 is 1.40 bits per heavy atom. The van der Waals surface area contributed by atoms with E-state index in [1.807, 2.05) is 0 Å². The second kappa shape index (κ2) is 10.1. The Morgan fingerprint density at radius 1 is 1.00 bits per heavy atom. The van der Waals surface area contributed by atoms with Gasteiger partial charge in [0.05, 0.1) is 6.42 Å². The minimum absolute atomic E-state index is 0.427. The van der Waals surface area contributed by atoms with Crippen LogP contribution in [0.3, 0.4) is 0 Å². The predicted octanol–water partition coefficient (Wildman–Crippen LogP) is 0.230. The molecule has 0 spiro atoms. The Hall–Kier alpha value is -0.730. The van der Waals surface area contributed by atoms with E-state index in [1.165, 1.54) is 6.92 Å². The van der Waals surface area contributed by atoms with Gasteiger partial charge < -0.3 is 15.7 Å². The van der Waals surface area contributed by atoms with Crippen molar-refractivity contribution in [3.63, 3.8) is 0 Å². The first-order valence-corrected chi connectivity index (χ1v) is 8.20. The van der Waals surface area contributed by atoms with Crippen LogP contribution < -0.4 is 10.6 Å². The third-order valence-electron chi connectivity index (χ3n) is 2.84. The zero-order valence-corrected chi connectivity index (χ0v) is 14.1. The van der Waals surface area contributed by atoms with Crippen LogP contribution in [0.4, 0.5) is 0 Å². The van der Waals surface area contributed by atoms with Crippen molar-refractivity contribution in [2.45, 2.75) is 26.2 Å². The van der Waals surface area contributed by atoms with Crippen molar-refractivity contribution in [2.24, 2.45) is 5.41 Å². The van der Waals surface area contributed by atoms with E-state index in [-0.39, 0.29) is 0 Å². The molecule has 8 heteroatoms. The van der Waals surface area contributed by atoms with Crippen LogP contribution in [0.2, 0.25) is 0 Å². The van der Waals surface area contributed by atoms with Gasteiger partial charge >= 0.3 is 5.97 Å². The van der Waals surface area contributed by atoms with Gasteiger partial charge in [0.1, 0.15) is 5.41 Å². The van der Waals surface area contributed by atoms with Crippen molar-refractivity contribution in [1.29, 1.82) is 0 Å². The minimum atomic E-state index is -1.58. The maximum Gasteiger partial charge on any atom is 0.304 e. The second-order valence-corrected chi connectivity index (χ2v) is 5.85. The summed E-state index contributed by atoms with van der Waals surface area (Å²) in [5, 5.41) is 14.2. The molecule has 0 rings (SSSR count). The van der Waals surface area contributed by atoms with Crippen molar-refractivity contribution in [1.82, 2.24) is 10.6 Å². The van der Waals surface area contributed by atoms with Gasteiger partial charge in [-0.1, -0.05) is 0 Å². The second-order valence-electron chi connectivity index (χ2n) is 4.70. The fourth-order valence-electron chi connectivity index (χ4n) is 1.56. The minimum Gasteiger partial charge on any atom is -0.481 e. The van der Waals surface area contributed by atoms with Crippen molar-refractivity contribution in [3.8, 4) is 0 Å². The molecule has 2 amide bonds. The summed E-state index contributed by atoms with van der Waals surface area (Å²) in [6.45, 7) is 2.22. The van der Waals surface area contributed by atoms with E-state index >= 15 is 0 Å². The highest BCUT2D eigenvalue weighted by molar-refractivity contribution is 7.16. The molecule has 20 heavy (non-hydrogen) atoms. The summed E-state index contributed by atoms with van der Waals surface area (Å²) in [4.78, 5) is 35.1. The summed E-state index contributed by atoms with van der Waals surface area (Å²) < 4.78 is 0. The lowest BCUT2D eigenvalue weighted by atomic mass is 9.84. The normalized spacial score (nSPS) is 10.9. The summed E-state index contributed by atoms with van der Waals surface area (Å²) in [7, 11) is 5.08. The van der Waals surface area contributed by atoms with Gasteiger partial charge in [0, 0.05) is 13.1 Å². The zero-order chi connectivity index (χ0) is 15.6. The Bertz CT molecular complexity index is 328. The number of amides is 2. The van der Waals surface area contributed by atoms with Gasteiger partial charge in [-0.25, -0.2) is 0 Å². The molecular weight excluding hydrogens is 298 g/mol. The van der Waals surface area contributed by atoms with Crippen LogP contribution in [0, 0.1) is 5.41 Å². The molecule has 0 saturated carbocycles. The van der Waals surface area contributed by atoms with Crippen LogP contribution >= 0.6 is 18.5 Å². The van der Waals surface area contributed by atoms with Gasteiger partial charge in [0.15, 0.2) is 0 Å². The standard InChI is InChI=1S/C12H24N2O4P2/c1-12(8-9(15)16,10(17)13-4-2-6-19)11(18)14-5-3-7-20/h2-8,19-20H2,1H3,(H,13,17)(H,14,18)(H,15,16). The van der Waals surface area contributed by atoms with Crippen LogP contribution in [0.15, 0.2) is 0 Å². The van der Waals surface area contributed by atoms with Gasteiger partial charge in [0.2, 0.25) is 11.8 Å². The van der Waals surface area contributed by atoms with Crippen LogP contribution in [0.1, 0.15) is 26.2 Å². The van der Waals surface area contributed by atoms with Crippen LogP contribution in [0.5, 0.6) is 0 Å². The van der Waals surface area contributed by atoms with Crippen LogP contribution in [-0.2, 0) is 14.4 Å². The topological polar surface area (TPSA) is 95.5 Å². The molecule has 0 radical (unpaired) electrons. The number of carbonyl (C=O) groups is 3. The summed E-state index contributed by atoms with van der Waals surface area (Å²) >= 11 is 0. The lowest BCUT2D eigenvalue weighted by molar-refractivity contribution is -0.151. The van der Waals surface area contributed by atoms with Gasteiger partial charge in [-0.3, -0.25) is 14.4 Å². The maximum absolute atomic E-state index is 12.1. The van der Waals surface area contributed by atoms with E-state index in [2.05, 4.69) is 29.1 Å². The molecule has 0 aliphatic heterocycles. The highest BCUT2D eigenvalue weighted by atomic mass is 31.0. The number of aliphatic carboxylic acids is 1. The molecule has 0 aromatic heterocycles. The quantitative estimate of drug-likeness (QED) is 0.305. The molecule has 0 heterocycles. The lowest BCUT2D eigenvalue weighted by Gasteiger charge is -2.25. The molecule has 6 nitrogen and oxygen atoms in total. The van der Waals surface area contributed by atoms with Gasteiger partial charge in [-0.05, 0) is 32.1 Å². The van der Waals surface area contributed by atoms with E-state index in [1.54, 1.807) is 0 Å². The fourth-order valence-corrected chi connectivity index (χ4v) is 1.97. The third kappa shape index (κ3) is 6.62. The molecule has 3 N–H and O–H groups in total. The summed E-state index contributed by atoms with van der Waals surface area (Å²) in [5.41, 5.74) is -1.58. The van der Waals surface area contributed by atoms with Crippen molar-refractivity contribution >= 4 is 36.3 Å². The molecule has 0 fully saturated rings. The van der Waals surface area contributed by atoms with E-state index in [0.29, 0.717) is 13.1 Å². The van der Waals surface area contributed by atoms with E-state index in [4.69, 9.17) is 5.11 Å². The Morgan fingerprint density at radius 3 is 1.70 bits per heavy atom. The number of carboxylic acid groups (broad SMARTS) is 1. The number of carboxylic acids is 1. The van der Waals surface area contributed by atoms with Crippen molar-refractivity contribution in [3.05, 3.63) is 0 Å². The van der Waals surface area contributed by atoms with E-state index in [0.717, 1.165) is 25.2 Å². The monoisotopic (exact) mass is 322 g/mol. The molecule has 0 aromatic carbocycles. The zero-order valence-electron chi connectivity index (χ0n) is 11.8. The molecule has 116 valence electrons. The number of hydrogen-bond donors (Lipinski definition) is 3.